The van der Waals surface area contributed by atoms with E-state index in [4.69, 9.17) is 0 Å². The predicted octanol–water partition coefficient (Wildman–Crippen LogP) is 3.65. The Morgan fingerprint density at radius 3 is 2.18 bits per heavy atom. The summed E-state index contributed by atoms with van der Waals surface area (Å²) in [6.07, 6.45) is 0.526. The molecule has 3 N–H and O–H groups in total. The molecule has 7 heteroatoms. The molecule has 4 aromatic carbocycles. The fraction of sp³-hybridized carbons (Fsp3) is 0.148. The number of aliphatic hydroxyl groups is 1. The molecule has 0 saturated heterocycles. The summed E-state index contributed by atoms with van der Waals surface area (Å²) in [7, 11) is -3.68. The Morgan fingerprint density at radius 2 is 1.47 bits per heavy atom. The van der Waals surface area contributed by atoms with Crippen molar-refractivity contribution in [3.8, 4) is 0 Å². The number of aliphatic hydroxyl groups excluding tert-OH is 1. The van der Waals surface area contributed by atoms with Gasteiger partial charge in [-0.15, -0.1) is 0 Å². The summed E-state index contributed by atoms with van der Waals surface area (Å²) in [6, 6.07) is 28.6. The van der Waals surface area contributed by atoms with Gasteiger partial charge in [0.25, 0.3) is 5.91 Å². The van der Waals surface area contributed by atoms with Crippen molar-refractivity contribution in [2.45, 2.75) is 23.9 Å². The topological polar surface area (TPSA) is 95.5 Å². The lowest BCUT2D eigenvalue weighted by Gasteiger charge is -2.16. The van der Waals surface area contributed by atoms with E-state index in [9.17, 15) is 18.3 Å². The van der Waals surface area contributed by atoms with E-state index < -0.39 is 16.1 Å². The second-order valence-electron chi connectivity index (χ2n) is 8.07. The summed E-state index contributed by atoms with van der Waals surface area (Å²) in [4.78, 5) is 12.8. The van der Waals surface area contributed by atoms with Gasteiger partial charge < -0.3 is 10.4 Å². The van der Waals surface area contributed by atoms with Crippen LogP contribution in [0.3, 0.4) is 0 Å². The number of hydrogen-bond donors (Lipinski definition) is 3. The number of amides is 1. The van der Waals surface area contributed by atoms with Gasteiger partial charge in [0.05, 0.1) is 17.5 Å². The highest BCUT2D eigenvalue weighted by molar-refractivity contribution is 7.89. The molecule has 0 bridgehead atoms. The highest BCUT2D eigenvalue weighted by Crippen LogP contribution is 2.19. The molecule has 34 heavy (non-hydrogen) atoms. The van der Waals surface area contributed by atoms with Crippen molar-refractivity contribution in [1.82, 2.24) is 10.0 Å². The maximum Gasteiger partial charge on any atom is 0.251 e. The summed E-state index contributed by atoms with van der Waals surface area (Å²) in [5, 5.41) is 14.3. The van der Waals surface area contributed by atoms with Crippen LogP contribution in [0, 0.1) is 0 Å². The summed E-state index contributed by atoms with van der Waals surface area (Å²) in [5.74, 6) is -0.293. The zero-order chi connectivity index (χ0) is 24.0. The van der Waals surface area contributed by atoms with Crippen LogP contribution in [0.4, 0.5) is 0 Å². The van der Waals surface area contributed by atoms with E-state index in [-0.39, 0.29) is 24.0 Å². The van der Waals surface area contributed by atoms with Crippen molar-refractivity contribution < 1.29 is 18.3 Å². The van der Waals surface area contributed by atoms with Crippen LogP contribution in [0.15, 0.2) is 102 Å². The molecule has 0 aliphatic rings. The number of sulfonamides is 1. The van der Waals surface area contributed by atoms with Gasteiger partial charge in [-0.1, -0.05) is 72.8 Å². The Labute approximate surface area is 199 Å². The molecule has 0 spiro atoms. The van der Waals surface area contributed by atoms with Crippen LogP contribution in [-0.4, -0.2) is 32.1 Å². The summed E-state index contributed by atoms with van der Waals surface area (Å²) >= 11 is 0. The predicted molar refractivity (Wildman–Crippen MR) is 133 cm³/mol. The molecule has 4 rings (SSSR count). The van der Waals surface area contributed by atoms with Crippen molar-refractivity contribution in [3.63, 3.8) is 0 Å². The first kappa shape index (κ1) is 23.6. The monoisotopic (exact) mass is 474 g/mol. The Bertz CT molecular complexity index is 1370. The highest BCUT2D eigenvalue weighted by atomic mass is 32.2. The van der Waals surface area contributed by atoms with Gasteiger partial charge in [-0.25, -0.2) is 13.1 Å². The third-order valence-corrected chi connectivity index (χ3v) is 6.99. The van der Waals surface area contributed by atoms with Gasteiger partial charge in [-0.3, -0.25) is 4.79 Å². The summed E-state index contributed by atoms with van der Waals surface area (Å²) in [6.45, 7) is -0.0698. The van der Waals surface area contributed by atoms with Gasteiger partial charge in [0.1, 0.15) is 0 Å². The molecule has 0 aliphatic carbocycles. The van der Waals surface area contributed by atoms with Crippen LogP contribution in [0.5, 0.6) is 0 Å². The average molecular weight is 475 g/mol. The second kappa shape index (κ2) is 10.6. The molecule has 0 aromatic heterocycles. The molecular formula is C27H26N2O4S. The van der Waals surface area contributed by atoms with Gasteiger partial charge in [0, 0.05) is 12.1 Å². The van der Waals surface area contributed by atoms with E-state index in [1.54, 1.807) is 42.5 Å². The first-order valence-corrected chi connectivity index (χ1v) is 12.5. The SMILES string of the molecule is O=C(N[C@H](CO)Cc1ccccc1)c1ccc(CNS(=O)(=O)c2ccc3ccccc3c2)cc1. The fourth-order valence-electron chi connectivity index (χ4n) is 3.70. The molecule has 1 amide bonds. The molecule has 1 atom stereocenters. The number of nitrogens with one attached hydrogen (secondary N) is 2. The zero-order valence-electron chi connectivity index (χ0n) is 18.5. The minimum Gasteiger partial charge on any atom is -0.394 e. The third kappa shape index (κ3) is 5.88. The van der Waals surface area contributed by atoms with Crippen molar-refractivity contribution in [2.75, 3.05) is 6.61 Å². The molecule has 4 aromatic rings. The molecule has 0 fully saturated rings. The van der Waals surface area contributed by atoms with Crippen molar-refractivity contribution in [3.05, 3.63) is 114 Å². The minimum atomic E-state index is -3.68. The number of rotatable bonds is 9. The van der Waals surface area contributed by atoms with Crippen LogP contribution in [0.1, 0.15) is 21.5 Å². The zero-order valence-corrected chi connectivity index (χ0v) is 19.3. The van der Waals surface area contributed by atoms with Crippen LogP contribution in [-0.2, 0) is 23.0 Å². The smallest absolute Gasteiger partial charge is 0.251 e. The van der Waals surface area contributed by atoms with E-state index in [0.717, 1.165) is 21.9 Å². The van der Waals surface area contributed by atoms with Crippen LogP contribution in [0.2, 0.25) is 0 Å². The van der Waals surface area contributed by atoms with Gasteiger partial charge in [-0.05, 0) is 52.6 Å². The van der Waals surface area contributed by atoms with Crippen molar-refractivity contribution >= 4 is 26.7 Å². The summed E-state index contributed by atoms with van der Waals surface area (Å²) in [5.41, 5.74) is 2.19. The molecule has 0 saturated carbocycles. The lowest BCUT2D eigenvalue weighted by atomic mass is 10.1. The van der Waals surface area contributed by atoms with E-state index in [2.05, 4.69) is 10.0 Å². The quantitative estimate of drug-likeness (QED) is 0.345. The van der Waals surface area contributed by atoms with Gasteiger partial charge in [0.2, 0.25) is 10.0 Å². The Hall–Kier alpha value is -3.52. The lowest BCUT2D eigenvalue weighted by Crippen LogP contribution is -2.39. The number of benzene rings is 4. The lowest BCUT2D eigenvalue weighted by molar-refractivity contribution is 0.0916. The Balaban J connectivity index is 1.36. The first-order valence-electron chi connectivity index (χ1n) is 11.0. The first-order chi connectivity index (χ1) is 16.4. The van der Waals surface area contributed by atoms with Gasteiger partial charge >= 0.3 is 0 Å². The Morgan fingerprint density at radius 1 is 0.794 bits per heavy atom. The van der Waals surface area contributed by atoms with Crippen molar-refractivity contribution in [2.24, 2.45) is 0 Å². The summed E-state index contributed by atoms with van der Waals surface area (Å²) < 4.78 is 28.1. The van der Waals surface area contributed by atoms with E-state index in [1.165, 1.54) is 0 Å². The highest BCUT2D eigenvalue weighted by Gasteiger charge is 2.16. The molecule has 174 valence electrons. The van der Waals surface area contributed by atoms with E-state index in [1.807, 2.05) is 54.6 Å². The van der Waals surface area contributed by atoms with E-state index in [0.29, 0.717) is 12.0 Å². The number of carbonyl (C=O) groups excluding carboxylic acids is 1. The third-order valence-electron chi connectivity index (χ3n) is 5.59. The molecule has 0 aliphatic heterocycles. The van der Waals surface area contributed by atoms with E-state index >= 15 is 0 Å². The largest absolute Gasteiger partial charge is 0.394 e. The molecule has 0 radical (unpaired) electrons. The second-order valence-corrected chi connectivity index (χ2v) is 9.84. The van der Waals surface area contributed by atoms with Crippen LogP contribution >= 0.6 is 0 Å². The van der Waals surface area contributed by atoms with Gasteiger partial charge in [-0.2, -0.15) is 0 Å². The molecule has 0 heterocycles. The maximum absolute atomic E-state index is 12.7. The Kier molecular flexibility index (Phi) is 7.37. The number of carbonyl (C=O) groups is 1. The fourth-order valence-corrected chi connectivity index (χ4v) is 4.75. The number of fused-ring (bicyclic) bond motifs is 1. The van der Waals surface area contributed by atoms with Gasteiger partial charge in [0.15, 0.2) is 0 Å². The number of hydrogen-bond acceptors (Lipinski definition) is 4. The van der Waals surface area contributed by atoms with Crippen molar-refractivity contribution in [1.29, 1.82) is 0 Å². The maximum atomic E-state index is 12.7. The van der Waals surface area contributed by atoms with Crippen LogP contribution < -0.4 is 10.0 Å². The molecular weight excluding hydrogens is 448 g/mol. The molecule has 6 nitrogen and oxygen atoms in total. The molecule has 0 unspecified atom stereocenters. The minimum absolute atomic E-state index is 0.102. The standard InChI is InChI=1S/C27H26N2O4S/c30-19-25(16-20-6-2-1-3-7-20)29-27(31)23-12-10-21(11-13-23)18-28-34(32,33)26-15-14-22-8-4-5-9-24(22)17-26/h1-15,17,25,28,30H,16,18-19H2,(H,29,31)/t25-/m0/s1. The average Bonchev–Trinajstić information content (AvgIpc) is 2.87. The normalized spacial score (nSPS) is 12.4. The van der Waals surface area contributed by atoms with Crippen LogP contribution in [0.25, 0.3) is 10.8 Å².